The Morgan fingerprint density at radius 3 is 2.07 bits per heavy atom. The largest absolute Gasteiger partial charge is 0.480 e. The molecule has 0 fully saturated rings. The molecule has 0 aromatic heterocycles. The predicted octanol–water partition coefficient (Wildman–Crippen LogP) is 1.71. The lowest BCUT2D eigenvalue weighted by Gasteiger charge is -2.31. The third kappa shape index (κ3) is 2.67. The van der Waals surface area contributed by atoms with Crippen LogP contribution in [0.5, 0.6) is 0 Å². The molecule has 28 heavy (non-hydrogen) atoms. The summed E-state index contributed by atoms with van der Waals surface area (Å²) in [5.74, 6) is -2.74. The van der Waals surface area contributed by atoms with Gasteiger partial charge in [-0.05, 0) is 30.2 Å². The van der Waals surface area contributed by atoms with Gasteiger partial charge in [-0.25, -0.2) is 4.79 Å². The van der Waals surface area contributed by atoms with Gasteiger partial charge in [-0.15, -0.1) is 0 Å². The van der Waals surface area contributed by atoms with E-state index in [4.69, 9.17) is 0 Å². The summed E-state index contributed by atoms with van der Waals surface area (Å²) >= 11 is 0. The zero-order valence-electron chi connectivity index (χ0n) is 15.2. The third-order valence-electron chi connectivity index (χ3n) is 5.40. The van der Waals surface area contributed by atoms with E-state index in [9.17, 15) is 24.3 Å². The van der Waals surface area contributed by atoms with E-state index < -0.39 is 35.8 Å². The van der Waals surface area contributed by atoms with Crippen molar-refractivity contribution in [2.45, 2.75) is 32.0 Å². The van der Waals surface area contributed by atoms with Crippen molar-refractivity contribution in [3.05, 3.63) is 70.8 Å². The number of imide groups is 1. The van der Waals surface area contributed by atoms with Gasteiger partial charge in [-0.3, -0.25) is 19.3 Å². The molecule has 2 aromatic rings. The first kappa shape index (κ1) is 17.9. The van der Waals surface area contributed by atoms with Crippen molar-refractivity contribution >= 4 is 23.7 Å². The third-order valence-corrected chi connectivity index (χ3v) is 5.40. The summed E-state index contributed by atoms with van der Waals surface area (Å²) in [6.45, 7) is 1.54. The van der Waals surface area contributed by atoms with Crippen LogP contribution >= 0.6 is 0 Å². The molecule has 4 rings (SSSR count). The van der Waals surface area contributed by atoms with Gasteiger partial charge in [0.25, 0.3) is 11.8 Å². The highest BCUT2D eigenvalue weighted by molar-refractivity contribution is 6.23. The van der Waals surface area contributed by atoms with Crippen LogP contribution in [0.2, 0.25) is 0 Å². The van der Waals surface area contributed by atoms with E-state index in [1.807, 2.05) is 24.3 Å². The first-order valence-electron chi connectivity index (χ1n) is 8.97. The van der Waals surface area contributed by atoms with E-state index in [1.165, 1.54) is 11.8 Å². The highest BCUT2D eigenvalue weighted by Gasteiger charge is 2.46. The highest BCUT2D eigenvalue weighted by Crippen LogP contribution is 2.30. The summed E-state index contributed by atoms with van der Waals surface area (Å²) in [6.07, 6.45) is 0.156. The van der Waals surface area contributed by atoms with Gasteiger partial charge in [0.2, 0.25) is 5.91 Å². The molecule has 1 N–H and O–H groups in total. The average molecular weight is 378 g/mol. The van der Waals surface area contributed by atoms with Gasteiger partial charge in [0, 0.05) is 13.0 Å². The van der Waals surface area contributed by atoms with Crippen LogP contribution in [-0.4, -0.2) is 50.7 Å². The van der Waals surface area contributed by atoms with E-state index in [0.717, 1.165) is 16.0 Å². The van der Waals surface area contributed by atoms with Gasteiger partial charge in [0.15, 0.2) is 0 Å². The van der Waals surface area contributed by atoms with Crippen LogP contribution in [0, 0.1) is 0 Å². The van der Waals surface area contributed by atoms with Gasteiger partial charge >= 0.3 is 5.97 Å². The number of nitrogens with zero attached hydrogens (tertiary/aromatic N) is 2. The van der Waals surface area contributed by atoms with E-state index >= 15 is 0 Å². The van der Waals surface area contributed by atoms with E-state index in [-0.39, 0.29) is 24.1 Å². The molecule has 3 amide bonds. The Balaban J connectivity index is 1.80. The Bertz CT molecular complexity index is 980. The number of carboxylic acid groups (broad SMARTS) is 1. The number of fused-ring (bicyclic) bond motifs is 2. The SMILES string of the molecule is C[C@@H](C(=O)O)N1Cc2ccccc2C[C@H](N2C(=O)c3ccccc3C2=O)C1=O. The minimum absolute atomic E-state index is 0.113. The number of hydrogen-bond acceptors (Lipinski definition) is 4. The quantitative estimate of drug-likeness (QED) is 0.821. The Morgan fingerprint density at radius 2 is 1.50 bits per heavy atom. The zero-order chi connectivity index (χ0) is 20.0. The molecule has 0 aliphatic carbocycles. The molecule has 0 unspecified atom stereocenters. The summed E-state index contributed by atoms with van der Waals surface area (Å²) in [7, 11) is 0. The lowest BCUT2D eigenvalue weighted by Crippen LogP contribution is -2.54. The molecule has 0 radical (unpaired) electrons. The van der Waals surface area contributed by atoms with Crippen molar-refractivity contribution in [2.24, 2.45) is 0 Å². The van der Waals surface area contributed by atoms with Crippen LogP contribution in [0.4, 0.5) is 0 Å². The monoisotopic (exact) mass is 378 g/mol. The van der Waals surface area contributed by atoms with E-state index in [1.54, 1.807) is 24.3 Å². The standard InChI is InChI=1S/C21H18N2O5/c1-12(21(27)28)22-11-14-7-3-2-6-13(14)10-17(20(22)26)23-18(24)15-8-4-5-9-16(15)19(23)25/h2-9,12,17H,10-11H2,1H3,(H,27,28)/t12-,17-/m0/s1. The van der Waals surface area contributed by atoms with Gasteiger partial charge < -0.3 is 10.0 Å². The number of carboxylic acids is 1. The van der Waals surface area contributed by atoms with Gasteiger partial charge in [0.1, 0.15) is 12.1 Å². The van der Waals surface area contributed by atoms with Crippen LogP contribution in [0.3, 0.4) is 0 Å². The van der Waals surface area contributed by atoms with Crippen molar-refractivity contribution in [1.82, 2.24) is 9.80 Å². The number of carbonyl (C=O) groups excluding carboxylic acids is 3. The zero-order valence-corrected chi connectivity index (χ0v) is 15.2. The summed E-state index contributed by atoms with van der Waals surface area (Å²) in [5, 5.41) is 9.45. The van der Waals surface area contributed by atoms with Crippen molar-refractivity contribution in [2.75, 3.05) is 0 Å². The Morgan fingerprint density at radius 1 is 0.964 bits per heavy atom. The van der Waals surface area contributed by atoms with Crippen LogP contribution < -0.4 is 0 Å². The lowest BCUT2D eigenvalue weighted by molar-refractivity contribution is -0.151. The first-order chi connectivity index (χ1) is 13.4. The maximum absolute atomic E-state index is 13.3. The number of carbonyl (C=O) groups is 4. The second-order valence-corrected chi connectivity index (χ2v) is 6.99. The van der Waals surface area contributed by atoms with Gasteiger partial charge in [-0.1, -0.05) is 36.4 Å². The number of benzene rings is 2. The van der Waals surface area contributed by atoms with Crippen LogP contribution in [0.15, 0.2) is 48.5 Å². The molecule has 0 saturated heterocycles. The molecular weight excluding hydrogens is 360 g/mol. The molecular formula is C21H18N2O5. The Kier molecular flexibility index (Phi) is 4.22. The smallest absolute Gasteiger partial charge is 0.326 e. The molecule has 0 saturated carbocycles. The maximum atomic E-state index is 13.3. The molecule has 7 heteroatoms. The average Bonchev–Trinajstić information content (AvgIpc) is 2.85. The minimum Gasteiger partial charge on any atom is -0.480 e. The topological polar surface area (TPSA) is 95.0 Å². The Hall–Kier alpha value is -3.48. The fourth-order valence-corrected chi connectivity index (χ4v) is 3.81. The van der Waals surface area contributed by atoms with Crippen molar-refractivity contribution < 1.29 is 24.3 Å². The highest BCUT2D eigenvalue weighted by atomic mass is 16.4. The molecule has 7 nitrogen and oxygen atoms in total. The van der Waals surface area contributed by atoms with E-state index in [0.29, 0.717) is 0 Å². The fraction of sp³-hybridized carbons (Fsp3) is 0.238. The first-order valence-corrected chi connectivity index (χ1v) is 8.97. The number of amides is 3. The molecule has 0 spiro atoms. The molecule has 142 valence electrons. The molecule has 2 aliphatic rings. The summed E-state index contributed by atoms with van der Waals surface area (Å²) in [5.41, 5.74) is 2.15. The van der Waals surface area contributed by atoms with Crippen LogP contribution in [-0.2, 0) is 22.6 Å². The van der Waals surface area contributed by atoms with Crippen molar-refractivity contribution in [3.63, 3.8) is 0 Å². The molecule has 2 aromatic carbocycles. The predicted molar refractivity (Wildman–Crippen MR) is 98.5 cm³/mol. The fourth-order valence-electron chi connectivity index (χ4n) is 3.81. The number of rotatable bonds is 3. The second-order valence-electron chi connectivity index (χ2n) is 6.99. The lowest BCUT2D eigenvalue weighted by atomic mass is 10.0. The number of hydrogen-bond donors (Lipinski definition) is 1. The second kappa shape index (κ2) is 6.60. The Labute approximate surface area is 161 Å². The minimum atomic E-state index is -1.14. The van der Waals surface area contributed by atoms with Gasteiger partial charge in [-0.2, -0.15) is 0 Å². The summed E-state index contributed by atoms with van der Waals surface area (Å²) < 4.78 is 0. The van der Waals surface area contributed by atoms with Crippen LogP contribution in [0.1, 0.15) is 38.8 Å². The normalized spacial score (nSPS) is 19.9. The van der Waals surface area contributed by atoms with Crippen molar-refractivity contribution in [1.29, 1.82) is 0 Å². The summed E-state index contributed by atoms with van der Waals surface area (Å²) in [4.78, 5) is 52.9. The van der Waals surface area contributed by atoms with Gasteiger partial charge in [0.05, 0.1) is 11.1 Å². The van der Waals surface area contributed by atoms with E-state index in [2.05, 4.69) is 0 Å². The maximum Gasteiger partial charge on any atom is 0.326 e. The molecule has 2 aliphatic heterocycles. The van der Waals surface area contributed by atoms with Crippen LogP contribution in [0.25, 0.3) is 0 Å². The molecule has 0 bridgehead atoms. The van der Waals surface area contributed by atoms with Crippen molar-refractivity contribution in [3.8, 4) is 0 Å². The summed E-state index contributed by atoms with van der Waals surface area (Å²) in [6, 6.07) is 11.6. The molecule has 2 heterocycles. The number of aliphatic carboxylic acids is 1. The molecule has 2 atom stereocenters.